The minimum absolute atomic E-state index is 0.123. The Morgan fingerprint density at radius 2 is 1.74 bits per heavy atom. The number of rotatable bonds is 7. The van der Waals surface area contributed by atoms with Crippen molar-refractivity contribution in [3.63, 3.8) is 0 Å². The van der Waals surface area contributed by atoms with Crippen LogP contribution < -0.4 is 10.1 Å². The summed E-state index contributed by atoms with van der Waals surface area (Å²) >= 11 is 0. The molecule has 1 N–H and O–H groups in total. The number of carbonyl (C=O) groups excluding carboxylic acids is 1. The van der Waals surface area contributed by atoms with Crippen LogP contribution in [0, 0.1) is 19.8 Å². The molecule has 1 heterocycles. The minimum atomic E-state index is 0.123. The zero-order valence-corrected chi connectivity index (χ0v) is 16.4. The lowest BCUT2D eigenvalue weighted by Gasteiger charge is -2.31. The summed E-state index contributed by atoms with van der Waals surface area (Å²) in [5, 5.41) is 3.03. The molecule has 4 nitrogen and oxygen atoms in total. The van der Waals surface area contributed by atoms with Gasteiger partial charge in [-0.3, -0.25) is 9.69 Å². The number of likely N-dealkylation sites (tertiary alicyclic amines) is 1. The third-order valence-corrected chi connectivity index (χ3v) is 5.07. The van der Waals surface area contributed by atoms with E-state index in [1.54, 1.807) is 0 Å². The fourth-order valence-electron chi connectivity index (χ4n) is 3.70. The van der Waals surface area contributed by atoms with Crippen LogP contribution in [0.5, 0.6) is 5.75 Å². The lowest BCUT2D eigenvalue weighted by molar-refractivity contribution is -0.126. The standard InChI is InChI=1S/C23H30N2O2/c1-18-14-19(2)16-22(15-18)27-13-10-24-23(26)21-8-11-25(12-9-21)17-20-6-4-3-5-7-20/h3-7,14-16,21H,8-13,17H2,1-2H3,(H,24,26). The van der Waals surface area contributed by atoms with Crippen LogP contribution in [0.4, 0.5) is 0 Å². The molecule has 2 aromatic rings. The molecule has 0 aliphatic carbocycles. The third kappa shape index (κ3) is 6.10. The maximum absolute atomic E-state index is 12.4. The van der Waals surface area contributed by atoms with Crippen molar-refractivity contribution in [3.8, 4) is 5.75 Å². The van der Waals surface area contributed by atoms with Crippen molar-refractivity contribution < 1.29 is 9.53 Å². The van der Waals surface area contributed by atoms with Gasteiger partial charge in [-0.1, -0.05) is 36.4 Å². The van der Waals surface area contributed by atoms with Crippen molar-refractivity contribution in [2.45, 2.75) is 33.2 Å². The van der Waals surface area contributed by atoms with Gasteiger partial charge in [0.2, 0.25) is 5.91 Å². The fourth-order valence-corrected chi connectivity index (χ4v) is 3.70. The smallest absolute Gasteiger partial charge is 0.223 e. The van der Waals surface area contributed by atoms with Gasteiger partial charge in [-0.05, 0) is 68.6 Å². The Balaban J connectivity index is 1.34. The molecule has 27 heavy (non-hydrogen) atoms. The first-order valence-corrected chi connectivity index (χ1v) is 9.85. The number of nitrogens with zero attached hydrogens (tertiary/aromatic N) is 1. The van der Waals surface area contributed by atoms with E-state index in [2.05, 4.69) is 54.4 Å². The van der Waals surface area contributed by atoms with Crippen molar-refractivity contribution in [1.29, 1.82) is 0 Å². The molecule has 4 heteroatoms. The second kappa shape index (κ2) is 9.56. The molecule has 0 saturated carbocycles. The maximum atomic E-state index is 12.4. The summed E-state index contributed by atoms with van der Waals surface area (Å²) in [6.07, 6.45) is 1.85. The molecule has 3 rings (SSSR count). The largest absolute Gasteiger partial charge is 0.492 e. The van der Waals surface area contributed by atoms with Gasteiger partial charge < -0.3 is 10.1 Å². The highest BCUT2D eigenvalue weighted by Crippen LogP contribution is 2.19. The average Bonchev–Trinajstić information content (AvgIpc) is 2.66. The highest BCUT2D eigenvalue weighted by atomic mass is 16.5. The van der Waals surface area contributed by atoms with Crippen LogP contribution in [0.25, 0.3) is 0 Å². The van der Waals surface area contributed by atoms with Crippen molar-refractivity contribution >= 4 is 5.91 Å². The fraction of sp³-hybridized carbons (Fsp3) is 0.435. The Kier molecular flexibility index (Phi) is 6.88. The number of ether oxygens (including phenoxy) is 1. The molecule has 1 fully saturated rings. The quantitative estimate of drug-likeness (QED) is 0.760. The summed E-state index contributed by atoms with van der Waals surface area (Å²) in [6.45, 7) is 8.10. The van der Waals surface area contributed by atoms with E-state index in [1.807, 2.05) is 18.2 Å². The molecule has 2 aromatic carbocycles. The van der Waals surface area contributed by atoms with Crippen LogP contribution >= 0.6 is 0 Å². The first-order valence-electron chi connectivity index (χ1n) is 9.85. The number of hydrogen-bond acceptors (Lipinski definition) is 3. The molecule has 0 unspecified atom stereocenters. The van der Waals surface area contributed by atoms with Crippen LogP contribution in [0.15, 0.2) is 48.5 Å². The monoisotopic (exact) mass is 366 g/mol. The SMILES string of the molecule is Cc1cc(C)cc(OCCNC(=O)C2CCN(Cc3ccccc3)CC2)c1. The van der Waals surface area contributed by atoms with Gasteiger partial charge in [0.25, 0.3) is 0 Å². The molecule has 1 aliphatic heterocycles. The molecule has 144 valence electrons. The van der Waals surface area contributed by atoms with E-state index < -0.39 is 0 Å². The van der Waals surface area contributed by atoms with E-state index in [-0.39, 0.29) is 11.8 Å². The van der Waals surface area contributed by atoms with Gasteiger partial charge in [0.1, 0.15) is 12.4 Å². The molecule has 0 spiro atoms. The van der Waals surface area contributed by atoms with Crippen LogP contribution in [0.1, 0.15) is 29.5 Å². The highest BCUT2D eigenvalue weighted by Gasteiger charge is 2.24. The lowest BCUT2D eigenvalue weighted by atomic mass is 9.95. The molecule has 1 aliphatic rings. The lowest BCUT2D eigenvalue weighted by Crippen LogP contribution is -2.41. The minimum Gasteiger partial charge on any atom is -0.492 e. The van der Waals surface area contributed by atoms with Gasteiger partial charge in [0.15, 0.2) is 0 Å². The first-order chi connectivity index (χ1) is 13.1. The normalized spacial score (nSPS) is 15.5. The van der Waals surface area contributed by atoms with Gasteiger partial charge in [0, 0.05) is 12.5 Å². The van der Waals surface area contributed by atoms with E-state index in [0.717, 1.165) is 38.2 Å². The Labute approximate surface area is 162 Å². The predicted octanol–water partition coefficient (Wildman–Crippen LogP) is 3.71. The average molecular weight is 367 g/mol. The van der Waals surface area contributed by atoms with Crippen LogP contribution in [0.3, 0.4) is 0 Å². The zero-order chi connectivity index (χ0) is 19.1. The Morgan fingerprint density at radius 1 is 1.07 bits per heavy atom. The number of hydrogen-bond donors (Lipinski definition) is 1. The maximum Gasteiger partial charge on any atom is 0.223 e. The summed E-state index contributed by atoms with van der Waals surface area (Å²) < 4.78 is 5.77. The number of aryl methyl sites for hydroxylation is 2. The number of benzene rings is 2. The zero-order valence-electron chi connectivity index (χ0n) is 16.4. The van der Waals surface area contributed by atoms with Crippen molar-refractivity contribution in [2.75, 3.05) is 26.2 Å². The van der Waals surface area contributed by atoms with Gasteiger partial charge in [0.05, 0.1) is 6.54 Å². The molecule has 0 atom stereocenters. The Morgan fingerprint density at radius 3 is 2.41 bits per heavy atom. The van der Waals surface area contributed by atoms with Crippen LogP contribution in [-0.4, -0.2) is 37.0 Å². The summed E-state index contributed by atoms with van der Waals surface area (Å²) in [5.41, 5.74) is 3.72. The van der Waals surface area contributed by atoms with Crippen LogP contribution in [-0.2, 0) is 11.3 Å². The third-order valence-electron chi connectivity index (χ3n) is 5.07. The predicted molar refractivity (Wildman–Crippen MR) is 109 cm³/mol. The van der Waals surface area contributed by atoms with Gasteiger partial charge >= 0.3 is 0 Å². The molecular weight excluding hydrogens is 336 g/mol. The Bertz CT molecular complexity index is 717. The van der Waals surface area contributed by atoms with E-state index >= 15 is 0 Å². The van der Waals surface area contributed by atoms with E-state index in [4.69, 9.17) is 4.74 Å². The van der Waals surface area contributed by atoms with Gasteiger partial charge in [-0.15, -0.1) is 0 Å². The van der Waals surface area contributed by atoms with E-state index in [1.165, 1.54) is 16.7 Å². The second-order valence-corrected chi connectivity index (χ2v) is 7.50. The number of piperidine rings is 1. The van der Waals surface area contributed by atoms with Crippen molar-refractivity contribution in [3.05, 3.63) is 65.2 Å². The molecule has 0 aromatic heterocycles. The van der Waals surface area contributed by atoms with E-state index in [9.17, 15) is 4.79 Å². The van der Waals surface area contributed by atoms with Crippen LogP contribution in [0.2, 0.25) is 0 Å². The van der Waals surface area contributed by atoms with Crippen molar-refractivity contribution in [2.24, 2.45) is 5.92 Å². The first kappa shape index (κ1) is 19.4. The second-order valence-electron chi connectivity index (χ2n) is 7.50. The molecular formula is C23H30N2O2. The van der Waals surface area contributed by atoms with Gasteiger partial charge in [-0.2, -0.15) is 0 Å². The molecule has 0 radical (unpaired) electrons. The summed E-state index contributed by atoms with van der Waals surface area (Å²) in [4.78, 5) is 14.8. The summed E-state index contributed by atoms with van der Waals surface area (Å²) in [5.74, 6) is 1.16. The number of amides is 1. The topological polar surface area (TPSA) is 41.6 Å². The summed E-state index contributed by atoms with van der Waals surface area (Å²) in [6, 6.07) is 16.7. The number of carbonyl (C=O) groups is 1. The Hall–Kier alpha value is -2.33. The molecule has 1 amide bonds. The highest BCUT2D eigenvalue weighted by molar-refractivity contribution is 5.78. The molecule has 1 saturated heterocycles. The van der Waals surface area contributed by atoms with E-state index in [0.29, 0.717) is 13.2 Å². The molecule has 0 bridgehead atoms. The van der Waals surface area contributed by atoms with Crippen molar-refractivity contribution in [1.82, 2.24) is 10.2 Å². The number of nitrogens with one attached hydrogen (secondary N) is 1. The van der Waals surface area contributed by atoms with Gasteiger partial charge in [-0.25, -0.2) is 0 Å². The summed E-state index contributed by atoms with van der Waals surface area (Å²) in [7, 11) is 0.